The van der Waals surface area contributed by atoms with Gasteiger partial charge in [-0.2, -0.15) is 0 Å². The van der Waals surface area contributed by atoms with Crippen molar-refractivity contribution in [3.63, 3.8) is 0 Å². The number of allylic oxidation sites excluding steroid dienone is 1. The predicted molar refractivity (Wildman–Crippen MR) is 73.5 cm³/mol. The summed E-state index contributed by atoms with van der Waals surface area (Å²) in [6.07, 6.45) is 1.40. The van der Waals surface area contributed by atoms with Crippen molar-refractivity contribution in [1.29, 1.82) is 0 Å². The molecule has 0 unspecified atom stereocenters. The first kappa shape index (κ1) is 16.8. The monoisotopic (exact) mass is 297 g/mol. The van der Waals surface area contributed by atoms with Crippen LogP contribution in [0.15, 0.2) is 29.8 Å². The number of hydrogen-bond acceptors (Lipinski definition) is 2. The van der Waals surface area contributed by atoms with Gasteiger partial charge in [0, 0.05) is 18.7 Å². The molecule has 0 atom stereocenters. The van der Waals surface area contributed by atoms with Gasteiger partial charge in [-0.1, -0.05) is 12.1 Å². The molecule has 114 valence electrons. The van der Waals surface area contributed by atoms with Crippen molar-refractivity contribution >= 4 is 11.9 Å². The van der Waals surface area contributed by atoms with E-state index in [-0.39, 0.29) is 25.4 Å². The number of halogens is 2. The van der Waals surface area contributed by atoms with E-state index in [1.807, 2.05) is 0 Å². The van der Waals surface area contributed by atoms with Gasteiger partial charge in [0.1, 0.15) is 0 Å². The molecule has 1 aromatic carbocycles. The molecule has 0 saturated heterocycles. The van der Waals surface area contributed by atoms with E-state index in [9.17, 15) is 18.4 Å². The van der Waals surface area contributed by atoms with E-state index < -0.39 is 17.6 Å². The third-order valence-electron chi connectivity index (χ3n) is 3.01. The van der Waals surface area contributed by atoms with E-state index in [4.69, 9.17) is 5.11 Å². The van der Waals surface area contributed by atoms with Crippen molar-refractivity contribution in [1.82, 2.24) is 4.90 Å². The normalized spacial score (nSPS) is 11.3. The number of rotatable bonds is 6. The molecule has 0 aliphatic heterocycles. The van der Waals surface area contributed by atoms with E-state index >= 15 is 0 Å². The Morgan fingerprint density at radius 3 is 2.48 bits per heavy atom. The first-order chi connectivity index (χ1) is 9.85. The molecular formula is C15H17F2NO3. The maximum absolute atomic E-state index is 13.2. The molecule has 0 saturated carbocycles. The Hall–Kier alpha value is -2.24. The molecule has 0 spiro atoms. The van der Waals surface area contributed by atoms with Gasteiger partial charge in [-0.3, -0.25) is 9.59 Å². The highest BCUT2D eigenvalue weighted by Gasteiger charge is 2.17. The molecule has 0 aliphatic rings. The summed E-state index contributed by atoms with van der Waals surface area (Å²) in [5.41, 5.74) is 0.861. The molecule has 0 radical (unpaired) electrons. The van der Waals surface area contributed by atoms with Crippen molar-refractivity contribution in [2.75, 3.05) is 6.54 Å². The van der Waals surface area contributed by atoms with Crippen LogP contribution in [0, 0.1) is 11.6 Å². The highest BCUT2D eigenvalue weighted by atomic mass is 19.2. The zero-order valence-electron chi connectivity index (χ0n) is 11.9. The van der Waals surface area contributed by atoms with Gasteiger partial charge in [0.25, 0.3) is 0 Å². The summed E-state index contributed by atoms with van der Waals surface area (Å²) in [5.74, 6) is -3.33. The molecule has 0 bridgehead atoms. The summed E-state index contributed by atoms with van der Waals surface area (Å²) in [4.78, 5) is 24.1. The van der Waals surface area contributed by atoms with Gasteiger partial charge in [0.2, 0.25) is 5.91 Å². The van der Waals surface area contributed by atoms with E-state index in [1.165, 1.54) is 11.0 Å². The van der Waals surface area contributed by atoms with E-state index in [0.29, 0.717) is 11.1 Å². The maximum atomic E-state index is 13.2. The minimum atomic E-state index is -1.03. The number of carbonyl (C=O) groups is 2. The second-order valence-electron chi connectivity index (χ2n) is 4.59. The third kappa shape index (κ3) is 4.98. The molecule has 1 aromatic rings. The second kappa shape index (κ2) is 7.52. The van der Waals surface area contributed by atoms with Gasteiger partial charge >= 0.3 is 5.97 Å². The Labute approximate surface area is 121 Å². The third-order valence-corrected chi connectivity index (χ3v) is 3.01. The first-order valence-electron chi connectivity index (χ1n) is 6.43. The van der Waals surface area contributed by atoms with Crippen molar-refractivity contribution < 1.29 is 23.5 Å². The van der Waals surface area contributed by atoms with Gasteiger partial charge < -0.3 is 10.0 Å². The minimum Gasteiger partial charge on any atom is -0.481 e. The van der Waals surface area contributed by atoms with Crippen LogP contribution in [-0.4, -0.2) is 28.4 Å². The van der Waals surface area contributed by atoms with Gasteiger partial charge in [0.15, 0.2) is 11.6 Å². The molecule has 0 fully saturated rings. The lowest BCUT2D eigenvalue weighted by Crippen LogP contribution is -2.33. The summed E-state index contributed by atoms with van der Waals surface area (Å²) in [7, 11) is 0. The van der Waals surface area contributed by atoms with Crippen molar-refractivity contribution in [3.8, 4) is 0 Å². The Morgan fingerprint density at radius 2 is 1.95 bits per heavy atom. The molecule has 1 rings (SSSR count). The molecule has 0 aliphatic carbocycles. The smallest absolute Gasteiger partial charge is 0.305 e. The van der Waals surface area contributed by atoms with E-state index in [2.05, 4.69) is 0 Å². The molecule has 0 aromatic heterocycles. The summed E-state index contributed by atoms with van der Waals surface area (Å²) in [6, 6.07) is 3.35. The fourth-order valence-electron chi connectivity index (χ4n) is 1.71. The molecule has 0 heterocycles. The molecule has 21 heavy (non-hydrogen) atoms. The summed E-state index contributed by atoms with van der Waals surface area (Å²) in [5, 5.41) is 8.72. The zero-order valence-corrected chi connectivity index (χ0v) is 11.9. The Bertz CT molecular complexity index is 570. The Morgan fingerprint density at radius 1 is 1.29 bits per heavy atom. The van der Waals surface area contributed by atoms with Crippen molar-refractivity contribution in [3.05, 3.63) is 47.0 Å². The lowest BCUT2D eigenvalue weighted by Gasteiger charge is -2.22. The highest BCUT2D eigenvalue weighted by molar-refractivity contribution is 5.92. The van der Waals surface area contributed by atoms with Crippen LogP contribution >= 0.6 is 0 Å². The number of hydrogen-bond donors (Lipinski definition) is 1. The fourth-order valence-corrected chi connectivity index (χ4v) is 1.71. The standard InChI is InChI=1S/C15H17F2NO3/c1-3-10(2)15(21)18(7-6-14(19)20)9-11-4-5-12(16)13(17)8-11/h3-5,8H,6-7,9H2,1-2H3,(H,19,20)/b10-3-. The van der Waals surface area contributed by atoms with E-state index in [1.54, 1.807) is 19.9 Å². The SMILES string of the molecule is C/C=C(/C)C(=O)N(CCC(=O)O)Cc1ccc(F)c(F)c1. The van der Waals surface area contributed by atoms with Gasteiger partial charge in [-0.05, 0) is 31.5 Å². The Kier molecular flexibility index (Phi) is 6.02. The molecule has 4 nitrogen and oxygen atoms in total. The molecule has 1 N–H and O–H groups in total. The largest absolute Gasteiger partial charge is 0.481 e. The summed E-state index contributed by atoms with van der Waals surface area (Å²) >= 11 is 0. The first-order valence-corrected chi connectivity index (χ1v) is 6.43. The second-order valence-corrected chi connectivity index (χ2v) is 4.59. The predicted octanol–water partition coefficient (Wildman–Crippen LogP) is 2.73. The average molecular weight is 297 g/mol. The van der Waals surface area contributed by atoms with Crippen LogP contribution in [0.3, 0.4) is 0 Å². The van der Waals surface area contributed by atoms with Crippen LogP contribution in [0.2, 0.25) is 0 Å². The number of carboxylic acids is 1. The van der Waals surface area contributed by atoms with Crippen molar-refractivity contribution in [2.45, 2.75) is 26.8 Å². The van der Waals surface area contributed by atoms with Crippen LogP contribution in [0.4, 0.5) is 8.78 Å². The summed E-state index contributed by atoms with van der Waals surface area (Å²) in [6.45, 7) is 3.33. The van der Waals surface area contributed by atoms with Crippen LogP contribution in [0.25, 0.3) is 0 Å². The van der Waals surface area contributed by atoms with Crippen LogP contribution in [0.5, 0.6) is 0 Å². The van der Waals surface area contributed by atoms with Gasteiger partial charge in [0.05, 0.1) is 6.42 Å². The van der Waals surface area contributed by atoms with Gasteiger partial charge in [-0.25, -0.2) is 8.78 Å². The number of carbonyl (C=O) groups excluding carboxylic acids is 1. The van der Waals surface area contributed by atoms with Crippen LogP contribution in [0.1, 0.15) is 25.8 Å². The Balaban J connectivity index is 2.92. The number of nitrogens with zero attached hydrogens (tertiary/aromatic N) is 1. The molecule has 1 amide bonds. The highest BCUT2D eigenvalue weighted by Crippen LogP contribution is 2.13. The minimum absolute atomic E-state index is 0.00164. The lowest BCUT2D eigenvalue weighted by atomic mass is 10.1. The van der Waals surface area contributed by atoms with Crippen LogP contribution < -0.4 is 0 Å². The van der Waals surface area contributed by atoms with Crippen molar-refractivity contribution in [2.24, 2.45) is 0 Å². The van der Waals surface area contributed by atoms with Crippen LogP contribution in [-0.2, 0) is 16.1 Å². The number of carboxylic acid groups (broad SMARTS) is 1. The topological polar surface area (TPSA) is 57.6 Å². The lowest BCUT2D eigenvalue weighted by molar-refractivity contribution is -0.138. The summed E-state index contributed by atoms with van der Waals surface area (Å²) < 4.78 is 26.1. The fraction of sp³-hybridized carbons (Fsp3) is 0.333. The van der Waals surface area contributed by atoms with Gasteiger partial charge in [-0.15, -0.1) is 0 Å². The molecular weight excluding hydrogens is 280 g/mol. The zero-order chi connectivity index (χ0) is 16.0. The number of aliphatic carboxylic acids is 1. The quantitative estimate of drug-likeness (QED) is 0.821. The van der Waals surface area contributed by atoms with E-state index in [0.717, 1.165) is 12.1 Å². The molecule has 6 heteroatoms. The number of amides is 1. The number of benzene rings is 1. The maximum Gasteiger partial charge on any atom is 0.305 e. The average Bonchev–Trinajstić information content (AvgIpc) is 2.45.